The van der Waals surface area contributed by atoms with Crippen molar-refractivity contribution in [2.75, 3.05) is 0 Å². The minimum absolute atomic E-state index is 0.124. The first-order chi connectivity index (χ1) is 4.33. The molecule has 1 aliphatic rings. The van der Waals surface area contributed by atoms with E-state index in [-0.39, 0.29) is 5.97 Å². The third-order valence-corrected chi connectivity index (χ3v) is 1.30. The SMILES string of the molecule is CCC(=O)OC1=CCC1. The van der Waals surface area contributed by atoms with Crippen molar-refractivity contribution in [3.8, 4) is 0 Å². The monoisotopic (exact) mass is 126 g/mol. The molecule has 0 amide bonds. The van der Waals surface area contributed by atoms with Crippen LogP contribution in [0.3, 0.4) is 0 Å². The Morgan fingerprint density at radius 3 is 2.89 bits per heavy atom. The Morgan fingerprint density at radius 2 is 2.56 bits per heavy atom. The van der Waals surface area contributed by atoms with Crippen LogP contribution in [0.4, 0.5) is 0 Å². The normalized spacial score (nSPS) is 15.9. The second kappa shape index (κ2) is 2.67. The van der Waals surface area contributed by atoms with Crippen LogP contribution in [0, 0.1) is 0 Å². The number of rotatable bonds is 2. The smallest absolute Gasteiger partial charge is 0.310 e. The molecular weight excluding hydrogens is 116 g/mol. The van der Waals surface area contributed by atoms with E-state index in [4.69, 9.17) is 4.74 Å². The van der Waals surface area contributed by atoms with Crippen molar-refractivity contribution in [2.24, 2.45) is 0 Å². The van der Waals surface area contributed by atoms with E-state index in [1.807, 2.05) is 6.08 Å². The maximum absolute atomic E-state index is 10.6. The van der Waals surface area contributed by atoms with Gasteiger partial charge in [-0.1, -0.05) is 6.92 Å². The fourth-order valence-corrected chi connectivity index (χ4v) is 0.573. The number of ether oxygens (including phenoxy) is 1. The molecule has 9 heavy (non-hydrogen) atoms. The zero-order valence-corrected chi connectivity index (χ0v) is 5.52. The zero-order valence-electron chi connectivity index (χ0n) is 5.52. The molecule has 0 aromatic rings. The van der Waals surface area contributed by atoms with Crippen LogP contribution in [0.2, 0.25) is 0 Å². The van der Waals surface area contributed by atoms with Crippen LogP contribution in [0.15, 0.2) is 11.8 Å². The van der Waals surface area contributed by atoms with Crippen LogP contribution >= 0.6 is 0 Å². The summed E-state index contributed by atoms with van der Waals surface area (Å²) in [7, 11) is 0. The van der Waals surface area contributed by atoms with E-state index in [0.717, 1.165) is 18.6 Å². The van der Waals surface area contributed by atoms with E-state index in [9.17, 15) is 4.79 Å². The molecule has 0 aliphatic heterocycles. The van der Waals surface area contributed by atoms with Gasteiger partial charge in [0.2, 0.25) is 0 Å². The molecule has 0 radical (unpaired) electrons. The first-order valence-electron chi connectivity index (χ1n) is 3.22. The van der Waals surface area contributed by atoms with Gasteiger partial charge in [0.15, 0.2) is 0 Å². The largest absolute Gasteiger partial charge is 0.431 e. The van der Waals surface area contributed by atoms with Crippen LogP contribution in [0.25, 0.3) is 0 Å². The lowest BCUT2D eigenvalue weighted by Crippen LogP contribution is -2.06. The molecule has 0 aromatic carbocycles. The molecule has 0 saturated heterocycles. The Kier molecular flexibility index (Phi) is 1.88. The summed E-state index contributed by atoms with van der Waals surface area (Å²) in [5.41, 5.74) is 0. The van der Waals surface area contributed by atoms with Gasteiger partial charge < -0.3 is 4.74 Å². The highest BCUT2D eigenvalue weighted by atomic mass is 16.5. The van der Waals surface area contributed by atoms with Gasteiger partial charge in [-0.2, -0.15) is 0 Å². The van der Waals surface area contributed by atoms with Gasteiger partial charge in [-0.25, -0.2) is 0 Å². The standard InChI is InChI=1S/C7H10O2/c1-2-7(8)9-6-4-3-5-6/h4H,2-3,5H2,1H3. The molecule has 2 nitrogen and oxygen atoms in total. The number of carbonyl (C=O) groups is 1. The average Bonchev–Trinajstić information content (AvgIpc) is 1.78. The summed E-state index contributed by atoms with van der Waals surface area (Å²) >= 11 is 0. The summed E-state index contributed by atoms with van der Waals surface area (Å²) in [5.74, 6) is 0.725. The lowest BCUT2D eigenvalue weighted by atomic mass is 10.1. The molecule has 0 fully saturated rings. The zero-order chi connectivity index (χ0) is 6.69. The molecule has 0 spiro atoms. The quantitative estimate of drug-likeness (QED) is 0.525. The summed E-state index contributed by atoms with van der Waals surface area (Å²) in [6, 6.07) is 0. The summed E-state index contributed by atoms with van der Waals surface area (Å²) in [4.78, 5) is 10.6. The Balaban J connectivity index is 2.24. The van der Waals surface area contributed by atoms with E-state index in [1.54, 1.807) is 6.92 Å². The van der Waals surface area contributed by atoms with Gasteiger partial charge in [0.25, 0.3) is 0 Å². The third kappa shape index (κ3) is 1.56. The molecule has 0 atom stereocenters. The molecule has 1 aliphatic carbocycles. The highest BCUT2D eigenvalue weighted by Crippen LogP contribution is 2.18. The predicted octanol–water partition coefficient (Wildman–Crippen LogP) is 1.62. The van der Waals surface area contributed by atoms with Crippen molar-refractivity contribution in [1.82, 2.24) is 0 Å². The van der Waals surface area contributed by atoms with Crippen molar-refractivity contribution in [3.05, 3.63) is 11.8 Å². The number of allylic oxidation sites excluding steroid dienone is 2. The van der Waals surface area contributed by atoms with Crippen LogP contribution in [0.1, 0.15) is 26.2 Å². The number of hydrogen-bond donors (Lipinski definition) is 0. The van der Waals surface area contributed by atoms with Crippen molar-refractivity contribution >= 4 is 5.97 Å². The highest BCUT2D eigenvalue weighted by Gasteiger charge is 2.09. The second-order valence-corrected chi connectivity index (χ2v) is 2.04. The maximum Gasteiger partial charge on any atom is 0.310 e. The van der Waals surface area contributed by atoms with Gasteiger partial charge in [-0.15, -0.1) is 0 Å². The molecule has 0 unspecified atom stereocenters. The van der Waals surface area contributed by atoms with Gasteiger partial charge in [0.1, 0.15) is 5.76 Å². The second-order valence-electron chi connectivity index (χ2n) is 2.04. The minimum atomic E-state index is -0.124. The molecule has 0 saturated carbocycles. The Bertz CT molecular complexity index is 147. The molecule has 0 aromatic heterocycles. The summed E-state index contributed by atoms with van der Waals surface area (Å²) < 4.78 is 4.86. The topological polar surface area (TPSA) is 26.3 Å². The number of esters is 1. The first-order valence-corrected chi connectivity index (χ1v) is 3.22. The maximum atomic E-state index is 10.6. The van der Waals surface area contributed by atoms with E-state index < -0.39 is 0 Å². The molecule has 0 heterocycles. The van der Waals surface area contributed by atoms with Crippen molar-refractivity contribution in [2.45, 2.75) is 26.2 Å². The summed E-state index contributed by atoms with van der Waals surface area (Å²) in [6.45, 7) is 1.79. The van der Waals surface area contributed by atoms with Crippen LogP contribution < -0.4 is 0 Å². The fraction of sp³-hybridized carbons (Fsp3) is 0.571. The van der Waals surface area contributed by atoms with E-state index in [2.05, 4.69) is 0 Å². The molecule has 1 rings (SSSR count). The van der Waals surface area contributed by atoms with Crippen LogP contribution in [0.5, 0.6) is 0 Å². The van der Waals surface area contributed by atoms with Crippen molar-refractivity contribution in [3.63, 3.8) is 0 Å². The van der Waals surface area contributed by atoms with Crippen molar-refractivity contribution < 1.29 is 9.53 Å². The van der Waals surface area contributed by atoms with Gasteiger partial charge in [-0.05, 0) is 12.5 Å². The Labute approximate surface area is 54.5 Å². The number of hydrogen-bond acceptors (Lipinski definition) is 2. The minimum Gasteiger partial charge on any atom is -0.431 e. The van der Waals surface area contributed by atoms with E-state index in [1.165, 1.54) is 0 Å². The van der Waals surface area contributed by atoms with Gasteiger partial charge >= 0.3 is 5.97 Å². The van der Waals surface area contributed by atoms with Gasteiger partial charge in [0, 0.05) is 12.8 Å². The predicted molar refractivity (Wildman–Crippen MR) is 33.7 cm³/mol. The molecule has 0 N–H and O–H groups in total. The van der Waals surface area contributed by atoms with E-state index in [0.29, 0.717) is 6.42 Å². The van der Waals surface area contributed by atoms with Crippen LogP contribution in [-0.4, -0.2) is 5.97 Å². The molecule has 2 heteroatoms. The molecular formula is C7H10O2. The summed E-state index contributed by atoms with van der Waals surface area (Å²) in [6.07, 6.45) is 4.41. The van der Waals surface area contributed by atoms with E-state index >= 15 is 0 Å². The molecule has 0 bridgehead atoms. The van der Waals surface area contributed by atoms with Crippen LogP contribution in [-0.2, 0) is 9.53 Å². The van der Waals surface area contributed by atoms with Gasteiger partial charge in [0.05, 0.1) is 0 Å². The Morgan fingerprint density at radius 1 is 1.89 bits per heavy atom. The number of carbonyl (C=O) groups excluding carboxylic acids is 1. The lowest BCUT2D eigenvalue weighted by molar-refractivity contribution is -0.139. The lowest BCUT2D eigenvalue weighted by Gasteiger charge is -2.12. The highest BCUT2D eigenvalue weighted by molar-refractivity contribution is 5.70. The first kappa shape index (κ1) is 6.33. The fourth-order valence-electron chi connectivity index (χ4n) is 0.573. The third-order valence-electron chi connectivity index (χ3n) is 1.30. The average molecular weight is 126 g/mol. The van der Waals surface area contributed by atoms with Crippen molar-refractivity contribution in [1.29, 1.82) is 0 Å². The molecule has 50 valence electrons. The van der Waals surface area contributed by atoms with Gasteiger partial charge in [-0.3, -0.25) is 4.79 Å². The summed E-state index contributed by atoms with van der Waals surface area (Å²) in [5, 5.41) is 0. The Hall–Kier alpha value is -0.790.